The predicted molar refractivity (Wildman–Crippen MR) is 182 cm³/mol. The number of nitrogens with zero attached hydrogens (tertiary/aromatic N) is 1. The summed E-state index contributed by atoms with van der Waals surface area (Å²) in [6.45, 7) is 0. The fourth-order valence-electron chi connectivity index (χ4n) is 8.65. The average Bonchev–Trinajstić information content (AvgIpc) is 3.42. The van der Waals surface area contributed by atoms with Gasteiger partial charge in [0.2, 0.25) is 0 Å². The van der Waals surface area contributed by atoms with Gasteiger partial charge in [-0.05, 0) is 95.9 Å². The number of benzene rings is 2. The molecule has 0 spiro atoms. The van der Waals surface area contributed by atoms with Crippen LogP contribution in [0.2, 0.25) is 0 Å². The summed E-state index contributed by atoms with van der Waals surface area (Å²) in [5, 5.41) is 1.38. The minimum absolute atomic E-state index is 0.436. The van der Waals surface area contributed by atoms with E-state index < -0.39 is 0 Å². The molecule has 210 valence electrons. The van der Waals surface area contributed by atoms with E-state index in [2.05, 4.69) is 132 Å². The Morgan fingerprint density at radius 1 is 0.651 bits per heavy atom. The number of hydrogen-bond donors (Lipinski definition) is 0. The molecule has 0 fully saturated rings. The van der Waals surface area contributed by atoms with E-state index in [0.717, 1.165) is 32.1 Å². The Hall–Kier alpha value is -4.36. The fraction of sp³-hybridized carbons (Fsp3) is 0.238. The lowest BCUT2D eigenvalue weighted by Gasteiger charge is -2.43. The first-order valence-corrected chi connectivity index (χ1v) is 16.3. The standard InChI is InChI=1S/C42H37N/c1-2-10-28(11-3-1)29-18-22-32(23-19-29)43-41-17-9-8-16-38(41)39-25-21-31(27-42(39)43)30-20-24-37-35-14-5-4-12-33(35)34-13-6-7-15-36(34)40(37)26-30/h1-2,4-8,10,12-16,18,20-22,24-27,34,36-37,40H,3,9,11,17,19,23H2. The van der Waals surface area contributed by atoms with Gasteiger partial charge < -0.3 is 4.57 Å². The van der Waals surface area contributed by atoms with Gasteiger partial charge in [-0.2, -0.15) is 0 Å². The molecule has 0 saturated carbocycles. The van der Waals surface area contributed by atoms with E-state index in [1.54, 1.807) is 0 Å². The first-order valence-electron chi connectivity index (χ1n) is 16.3. The second-order valence-electron chi connectivity index (χ2n) is 13.0. The Morgan fingerprint density at radius 3 is 2.33 bits per heavy atom. The van der Waals surface area contributed by atoms with Gasteiger partial charge in [0, 0.05) is 34.2 Å². The summed E-state index contributed by atoms with van der Waals surface area (Å²) in [6.07, 6.45) is 40.0. The molecule has 2 aromatic carbocycles. The highest BCUT2D eigenvalue weighted by molar-refractivity contribution is 5.97. The molecule has 0 saturated heterocycles. The Kier molecular flexibility index (Phi) is 5.93. The van der Waals surface area contributed by atoms with Crippen LogP contribution in [-0.4, -0.2) is 4.57 Å². The van der Waals surface area contributed by atoms with E-state index in [4.69, 9.17) is 0 Å². The molecular formula is C42H37N. The van der Waals surface area contributed by atoms with Crippen LogP contribution in [0.25, 0.3) is 28.2 Å². The molecule has 0 amide bonds. The zero-order chi connectivity index (χ0) is 28.3. The van der Waals surface area contributed by atoms with Gasteiger partial charge in [-0.1, -0.05) is 115 Å². The summed E-state index contributed by atoms with van der Waals surface area (Å²) in [5.41, 5.74) is 14.4. The number of hydrogen-bond acceptors (Lipinski definition) is 0. The minimum Gasteiger partial charge on any atom is -0.317 e. The van der Waals surface area contributed by atoms with Crippen molar-refractivity contribution in [3.63, 3.8) is 0 Å². The van der Waals surface area contributed by atoms with Crippen LogP contribution >= 0.6 is 0 Å². The molecule has 0 radical (unpaired) electrons. The summed E-state index contributed by atoms with van der Waals surface area (Å²) in [4.78, 5) is 0. The lowest BCUT2D eigenvalue weighted by Crippen LogP contribution is -2.31. The Morgan fingerprint density at radius 2 is 1.49 bits per heavy atom. The largest absolute Gasteiger partial charge is 0.317 e. The third-order valence-electron chi connectivity index (χ3n) is 10.7. The maximum Gasteiger partial charge on any atom is 0.0540 e. The van der Waals surface area contributed by atoms with Crippen molar-refractivity contribution < 1.29 is 0 Å². The van der Waals surface area contributed by atoms with Crippen LogP contribution in [0.15, 0.2) is 133 Å². The van der Waals surface area contributed by atoms with Gasteiger partial charge >= 0.3 is 0 Å². The normalized spacial score (nSPS) is 26.6. The SMILES string of the molecule is C1=CCCC(C2=CC=C(n3c4c(c5ccc(C6=CC7C(C=C6)c6ccccc6C6C=CC=CC67)cc53)C=CCC4)CC2)=C1. The molecule has 4 unspecified atom stereocenters. The smallest absolute Gasteiger partial charge is 0.0540 e. The number of fused-ring (bicyclic) bond motifs is 9. The Bertz CT molecular complexity index is 1940. The number of aromatic nitrogens is 1. The van der Waals surface area contributed by atoms with Crippen molar-refractivity contribution in [1.82, 2.24) is 4.57 Å². The predicted octanol–water partition coefficient (Wildman–Crippen LogP) is 10.6. The molecule has 1 heterocycles. The van der Waals surface area contributed by atoms with Crippen LogP contribution in [0, 0.1) is 11.8 Å². The molecular weight excluding hydrogens is 518 g/mol. The molecule has 0 N–H and O–H groups in total. The van der Waals surface area contributed by atoms with Gasteiger partial charge in [0.1, 0.15) is 0 Å². The van der Waals surface area contributed by atoms with E-state index in [-0.39, 0.29) is 0 Å². The van der Waals surface area contributed by atoms with Crippen molar-refractivity contribution in [1.29, 1.82) is 0 Å². The third kappa shape index (κ3) is 4.05. The van der Waals surface area contributed by atoms with E-state index in [9.17, 15) is 0 Å². The topological polar surface area (TPSA) is 4.93 Å². The van der Waals surface area contributed by atoms with Crippen molar-refractivity contribution in [2.75, 3.05) is 0 Å². The van der Waals surface area contributed by atoms with Crippen LogP contribution in [0.4, 0.5) is 0 Å². The Labute approximate surface area is 255 Å². The molecule has 6 aliphatic rings. The molecule has 1 heteroatoms. The quantitative estimate of drug-likeness (QED) is 0.303. The van der Waals surface area contributed by atoms with Gasteiger partial charge in [0.25, 0.3) is 0 Å². The first-order chi connectivity index (χ1) is 21.3. The highest BCUT2D eigenvalue weighted by Gasteiger charge is 2.40. The van der Waals surface area contributed by atoms with Gasteiger partial charge in [-0.25, -0.2) is 0 Å². The van der Waals surface area contributed by atoms with E-state index in [0.29, 0.717) is 23.7 Å². The number of allylic oxidation sites excluding steroid dienone is 17. The van der Waals surface area contributed by atoms with Crippen LogP contribution in [0.5, 0.6) is 0 Å². The second-order valence-corrected chi connectivity index (χ2v) is 13.0. The molecule has 43 heavy (non-hydrogen) atoms. The van der Waals surface area contributed by atoms with Crippen molar-refractivity contribution >= 4 is 28.2 Å². The second kappa shape index (κ2) is 10.1. The zero-order valence-electron chi connectivity index (χ0n) is 24.6. The van der Waals surface area contributed by atoms with Gasteiger partial charge in [-0.3, -0.25) is 0 Å². The summed E-state index contributed by atoms with van der Waals surface area (Å²) in [7, 11) is 0. The summed E-state index contributed by atoms with van der Waals surface area (Å²) < 4.78 is 2.62. The van der Waals surface area contributed by atoms with Crippen LogP contribution in [0.3, 0.4) is 0 Å². The fourth-order valence-corrected chi connectivity index (χ4v) is 8.65. The maximum atomic E-state index is 2.62. The monoisotopic (exact) mass is 555 g/mol. The number of rotatable bonds is 3. The van der Waals surface area contributed by atoms with E-state index >= 15 is 0 Å². The summed E-state index contributed by atoms with van der Waals surface area (Å²) >= 11 is 0. The van der Waals surface area contributed by atoms with Crippen molar-refractivity contribution in [2.45, 2.75) is 50.4 Å². The minimum atomic E-state index is 0.436. The van der Waals surface area contributed by atoms with Gasteiger partial charge in [-0.15, -0.1) is 0 Å². The summed E-state index contributed by atoms with van der Waals surface area (Å²) in [5.74, 6) is 1.86. The molecule has 9 rings (SSSR count). The molecule has 1 nitrogen and oxygen atoms in total. The van der Waals surface area contributed by atoms with Gasteiger partial charge in [0.15, 0.2) is 0 Å². The van der Waals surface area contributed by atoms with E-state index in [1.807, 2.05) is 0 Å². The zero-order valence-corrected chi connectivity index (χ0v) is 24.6. The highest BCUT2D eigenvalue weighted by Crippen LogP contribution is 2.52. The lowest BCUT2D eigenvalue weighted by molar-refractivity contribution is 0.371. The lowest BCUT2D eigenvalue weighted by atomic mass is 9.61. The van der Waals surface area contributed by atoms with Crippen molar-refractivity contribution in [3.8, 4) is 0 Å². The first kappa shape index (κ1) is 25.2. The molecule has 6 aliphatic carbocycles. The Balaban J connectivity index is 1.14. The molecule has 4 atom stereocenters. The van der Waals surface area contributed by atoms with Crippen LogP contribution in [0.1, 0.15) is 71.9 Å². The van der Waals surface area contributed by atoms with E-state index in [1.165, 1.54) is 67.7 Å². The molecule has 3 aromatic rings. The maximum absolute atomic E-state index is 2.62. The highest BCUT2D eigenvalue weighted by atomic mass is 15.0. The van der Waals surface area contributed by atoms with Gasteiger partial charge in [0.05, 0.1) is 5.52 Å². The van der Waals surface area contributed by atoms with Crippen LogP contribution < -0.4 is 0 Å². The van der Waals surface area contributed by atoms with Crippen LogP contribution in [-0.2, 0) is 6.42 Å². The average molecular weight is 556 g/mol. The third-order valence-corrected chi connectivity index (χ3v) is 10.7. The molecule has 0 bridgehead atoms. The molecule has 1 aromatic heterocycles. The summed E-state index contributed by atoms with van der Waals surface area (Å²) in [6, 6.07) is 16.4. The molecule has 0 aliphatic heterocycles. The van der Waals surface area contributed by atoms with Crippen molar-refractivity contribution in [2.24, 2.45) is 11.8 Å². The van der Waals surface area contributed by atoms with Crippen molar-refractivity contribution in [3.05, 3.63) is 161 Å².